The Labute approximate surface area is 191 Å². The molecule has 4 rings (SSSR count). The van der Waals surface area contributed by atoms with Gasteiger partial charge in [-0.15, -0.1) is 0 Å². The van der Waals surface area contributed by atoms with Crippen LogP contribution in [0.2, 0.25) is 0 Å². The van der Waals surface area contributed by atoms with Crippen molar-refractivity contribution in [1.29, 1.82) is 0 Å². The molecule has 1 amide bonds. The van der Waals surface area contributed by atoms with Crippen LogP contribution in [0.1, 0.15) is 28.3 Å². The first-order valence-electron chi connectivity index (χ1n) is 10.5. The molecule has 3 aromatic rings. The number of halogens is 1. The molecule has 1 unspecified atom stereocenters. The summed E-state index contributed by atoms with van der Waals surface area (Å²) in [7, 11) is 3.82. The number of nitrogens with zero attached hydrogens (tertiary/aromatic N) is 3. The van der Waals surface area contributed by atoms with Crippen LogP contribution in [0.5, 0.6) is 0 Å². The lowest BCUT2D eigenvalue weighted by Gasteiger charge is -2.26. The number of anilines is 1. The second-order valence-corrected chi connectivity index (χ2v) is 8.24. The van der Waals surface area contributed by atoms with Gasteiger partial charge in [0.25, 0.3) is 11.7 Å². The third kappa shape index (κ3) is 4.22. The highest BCUT2D eigenvalue weighted by molar-refractivity contribution is 6.46. The smallest absolute Gasteiger partial charge is 0.295 e. The Morgan fingerprint density at radius 1 is 1.12 bits per heavy atom. The first kappa shape index (κ1) is 22.2. The minimum absolute atomic E-state index is 0.0650. The minimum atomic E-state index is -0.828. The molecule has 0 radical (unpaired) electrons. The molecule has 0 bridgehead atoms. The second kappa shape index (κ2) is 8.86. The van der Waals surface area contributed by atoms with E-state index >= 15 is 0 Å². The molecular weight excluding hydrogens is 421 g/mol. The quantitative estimate of drug-likeness (QED) is 0.362. The zero-order chi connectivity index (χ0) is 23.7. The van der Waals surface area contributed by atoms with Crippen molar-refractivity contribution in [3.05, 3.63) is 101 Å². The van der Waals surface area contributed by atoms with Crippen LogP contribution in [0.15, 0.2) is 72.6 Å². The molecule has 0 spiro atoms. The molecule has 1 N–H and O–H groups in total. The number of likely N-dealkylation sites (tertiary alicyclic amines) is 1. The SMILES string of the molecule is Cc1ccc(/C(O)=C2/C(=O)C(=O)N(Cc3cccnc3)C2c2ccc(N(C)C)cc2)cc1F. The van der Waals surface area contributed by atoms with Gasteiger partial charge >= 0.3 is 0 Å². The van der Waals surface area contributed by atoms with E-state index in [0.717, 1.165) is 11.3 Å². The number of amides is 1. The van der Waals surface area contributed by atoms with E-state index < -0.39 is 29.3 Å². The summed E-state index contributed by atoms with van der Waals surface area (Å²) in [5.74, 6) is -2.44. The third-order valence-corrected chi connectivity index (χ3v) is 5.79. The van der Waals surface area contributed by atoms with Crippen LogP contribution in [0.25, 0.3) is 5.76 Å². The minimum Gasteiger partial charge on any atom is -0.507 e. The van der Waals surface area contributed by atoms with Crippen LogP contribution in [0.4, 0.5) is 10.1 Å². The van der Waals surface area contributed by atoms with Gasteiger partial charge in [-0.25, -0.2) is 4.39 Å². The molecule has 0 aliphatic carbocycles. The van der Waals surface area contributed by atoms with Crippen molar-refractivity contribution in [3.63, 3.8) is 0 Å². The lowest BCUT2D eigenvalue weighted by Crippen LogP contribution is -2.29. The Morgan fingerprint density at radius 3 is 2.45 bits per heavy atom. The maximum Gasteiger partial charge on any atom is 0.295 e. The molecule has 168 valence electrons. The van der Waals surface area contributed by atoms with Crippen molar-refractivity contribution >= 4 is 23.1 Å². The van der Waals surface area contributed by atoms with Gasteiger partial charge in [0.1, 0.15) is 11.6 Å². The van der Waals surface area contributed by atoms with Gasteiger partial charge in [0.15, 0.2) is 0 Å². The Balaban J connectivity index is 1.86. The monoisotopic (exact) mass is 445 g/mol. The molecule has 1 fully saturated rings. The highest BCUT2D eigenvalue weighted by Crippen LogP contribution is 2.40. The summed E-state index contributed by atoms with van der Waals surface area (Å²) in [4.78, 5) is 33.6. The van der Waals surface area contributed by atoms with Crippen LogP contribution in [0.3, 0.4) is 0 Å². The van der Waals surface area contributed by atoms with Gasteiger partial charge in [0, 0.05) is 44.3 Å². The molecule has 33 heavy (non-hydrogen) atoms. The van der Waals surface area contributed by atoms with Gasteiger partial charge < -0.3 is 14.9 Å². The van der Waals surface area contributed by atoms with Crippen molar-refractivity contribution in [2.24, 2.45) is 0 Å². The Bertz CT molecular complexity index is 1240. The van der Waals surface area contributed by atoms with E-state index in [1.807, 2.05) is 49.3 Å². The summed E-state index contributed by atoms with van der Waals surface area (Å²) in [6, 6.07) is 14.4. The van der Waals surface area contributed by atoms with Gasteiger partial charge in [-0.3, -0.25) is 14.6 Å². The molecule has 1 atom stereocenters. The lowest BCUT2D eigenvalue weighted by molar-refractivity contribution is -0.140. The molecule has 1 aliphatic rings. The molecular formula is C26H24FN3O3. The number of aliphatic hydroxyl groups is 1. The summed E-state index contributed by atoms with van der Waals surface area (Å²) in [6.07, 6.45) is 3.25. The van der Waals surface area contributed by atoms with Crippen molar-refractivity contribution < 1.29 is 19.1 Å². The average Bonchev–Trinajstić information content (AvgIpc) is 3.06. The van der Waals surface area contributed by atoms with E-state index in [9.17, 15) is 19.1 Å². The predicted octanol–water partition coefficient (Wildman–Crippen LogP) is 4.22. The van der Waals surface area contributed by atoms with Gasteiger partial charge in [-0.2, -0.15) is 0 Å². The van der Waals surface area contributed by atoms with Crippen molar-refractivity contribution in [3.8, 4) is 0 Å². The highest BCUT2D eigenvalue weighted by atomic mass is 19.1. The normalized spacial score (nSPS) is 17.5. The van der Waals surface area contributed by atoms with Gasteiger partial charge in [-0.05, 0) is 47.9 Å². The summed E-state index contributed by atoms with van der Waals surface area (Å²) in [5.41, 5.74) is 2.86. The van der Waals surface area contributed by atoms with Gasteiger partial charge in [0.2, 0.25) is 0 Å². The van der Waals surface area contributed by atoms with Crippen LogP contribution in [-0.2, 0) is 16.1 Å². The van der Waals surface area contributed by atoms with E-state index in [1.54, 1.807) is 25.4 Å². The van der Waals surface area contributed by atoms with E-state index in [0.29, 0.717) is 11.1 Å². The number of carbonyl (C=O) groups excluding carboxylic acids is 2. The topological polar surface area (TPSA) is 73.7 Å². The van der Waals surface area contributed by atoms with E-state index in [4.69, 9.17) is 0 Å². The third-order valence-electron chi connectivity index (χ3n) is 5.79. The summed E-state index contributed by atoms with van der Waals surface area (Å²) in [6.45, 7) is 1.75. The summed E-state index contributed by atoms with van der Waals surface area (Å²) in [5, 5.41) is 11.1. The fraction of sp³-hybridized carbons (Fsp3) is 0.192. The lowest BCUT2D eigenvalue weighted by atomic mass is 9.94. The number of benzene rings is 2. The van der Waals surface area contributed by atoms with E-state index in [1.165, 1.54) is 23.1 Å². The maximum absolute atomic E-state index is 14.2. The van der Waals surface area contributed by atoms with Gasteiger partial charge in [-0.1, -0.05) is 30.3 Å². The van der Waals surface area contributed by atoms with Crippen molar-refractivity contribution in [1.82, 2.24) is 9.88 Å². The molecule has 7 heteroatoms. The highest BCUT2D eigenvalue weighted by Gasteiger charge is 2.46. The average molecular weight is 445 g/mol. The maximum atomic E-state index is 14.2. The number of aliphatic hydroxyl groups excluding tert-OH is 1. The predicted molar refractivity (Wildman–Crippen MR) is 124 cm³/mol. The van der Waals surface area contributed by atoms with E-state index in [-0.39, 0.29) is 17.7 Å². The van der Waals surface area contributed by atoms with Crippen LogP contribution in [0, 0.1) is 12.7 Å². The number of aromatic nitrogens is 1. The molecule has 0 saturated carbocycles. The van der Waals surface area contributed by atoms with Crippen molar-refractivity contribution in [2.75, 3.05) is 19.0 Å². The number of hydrogen-bond acceptors (Lipinski definition) is 5. The van der Waals surface area contributed by atoms with Crippen LogP contribution < -0.4 is 4.90 Å². The number of Topliss-reactive ketones (excluding diaryl/α,β-unsaturated/α-hetero) is 1. The zero-order valence-corrected chi connectivity index (χ0v) is 18.6. The van der Waals surface area contributed by atoms with Crippen LogP contribution >= 0.6 is 0 Å². The van der Waals surface area contributed by atoms with Gasteiger partial charge in [0.05, 0.1) is 11.6 Å². The molecule has 1 saturated heterocycles. The molecule has 1 aromatic heterocycles. The van der Waals surface area contributed by atoms with E-state index in [2.05, 4.69) is 4.98 Å². The summed E-state index contributed by atoms with van der Waals surface area (Å²) < 4.78 is 14.2. The number of ketones is 1. The standard InChI is InChI=1S/C26H24FN3O3/c1-16-6-7-19(13-21(16)27)24(31)22-23(18-8-10-20(11-9-18)29(2)3)30(26(33)25(22)32)15-17-5-4-12-28-14-17/h4-14,23,31H,15H2,1-3H3/b24-22-. The first-order chi connectivity index (χ1) is 15.8. The number of hydrogen-bond donors (Lipinski definition) is 1. The number of rotatable bonds is 5. The zero-order valence-electron chi connectivity index (χ0n) is 18.6. The Hall–Kier alpha value is -4.00. The van der Waals surface area contributed by atoms with Crippen molar-refractivity contribution in [2.45, 2.75) is 19.5 Å². The Morgan fingerprint density at radius 2 is 1.85 bits per heavy atom. The number of pyridine rings is 1. The largest absolute Gasteiger partial charge is 0.507 e. The molecule has 6 nitrogen and oxygen atoms in total. The second-order valence-electron chi connectivity index (χ2n) is 8.24. The first-order valence-corrected chi connectivity index (χ1v) is 10.5. The fourth-order valence-electron chi connectivity index (χ4n) is 3.93. The fourth-order valence-corrected chi connectivity index (χ4v) is 3.93. The summed E-state index contributed by atoms with van der Waals surface area (Å²) >= 11 is 0. The number of carbonyl (C=O) groups is 2. The molecule has 2 heterocycles. The molecule has 2 aromatic carbocycles. The number of aryl methyl sites for hydroxylation is 1. The van der Waals surface area contributed by atoms with Crippen LogP contribution in [-0.4, -0.2) is 40.8 Å². The molecule has 1 aliphatic heterocycles. The Kier molecular flexibility index (Phi) is 5.96.